The molecule has 0 saturated heterocycles. The average molecular weight is 701 g/mol. The number of Topliss-reactive ketones (excluding diaryl/α,β-unsaturated/α-hetero) is 1. The lowest BCUT2D eigenvalue weighted by Gasteiger charge is -2.50. The van der Waals surface area contributed by atoms with Crippen molar-refractivity contribution in [2.45, 2.75) is 89.1 Å². The minimum Gasteiger partial charge on any atom is -0.458 e. The minimum absolute atomic E-state index is 0.0304. The number of rotatable bonds is 10. The van der Waals surface area contributed by atoms with Crippen LogP contribution < -0.4 is 0 Å². The molecular weight excluding hydrogens is 649 g/mol. The van der Waals surface area contributed by atoms with Crippen molar-refractivity contribution in [2.75, 3.05) is 6.61 Å². The van der Waals surface area contributed by atoms with Crippen molar-refractivity contribution in [1.82, 2.24) is 0 Å². The normalized spacial score (nSPS) is 33.8. The van der Waals surface area contributed by atoms with Crippen molar-refractivity contribution in [3.8, 4) is 0 Å². The molecule has 0 bridgehead atoms. The van der Waals surface area contributed by atoms with Crippen LogP contribution >= 0.6 is 0 Å². The van der Waals surface area contributed by atoms with Gasteiger partial charge in [-0.05, 0) is 59.4 Å². The Bertz CT molecular complexity index is 1810. The molecular formula is C46H52O6. The van der Waals surface area contributed by atoms with Gasteiger partial charge in [-0.15, -0.1) is 0 Å². The maximum Gasteiger partial charge on any atom is 0.309 e. The highest BCUT2D eigenvalue weighted by Gasteiger charge is 2.83. The zero-order valence-corrected chi connectivity index (χ0v) is 31.0. The van der Waals surface area contributed by atoms with Gasteiger partial charge in [0.15, 0.2) is 5.78 Å². The number of carbonyl (C=O) groups excluding carboxylic acids is 2. The molecule has 5 aliphatic carbocycles. The van der Waals surface area contributed by atoms with E-state index in [4.69, 9.17) is 9.47 Å². The van der Waals surface area contributed by atoms with Crippen molar-refractivity contribution in [2.24, 2.45) is 40.9 Å². The van der Waals surface area contributed by atoms with E-state index in [1.54, 1.807) is 13.0 Å². The molecule has 0 spiro atoms. The van der Waals surface area contributed by atoms with E-state index in [1.165, 1.54) is 12.8 Å². The Hall–Kier alpha value is -3.84. The van der Waals surface area contributed by atoms with Gasteiger partial charge in [0.1, 0.15) is 16.8 Å². The number of hydrogen-bond acceptors (Lipinski definition) is 6. The van der Waals surface area contributed by atoms with Crippen LogP contribution in [0.3, 0.4) is 0 Å². The van der Waals surface area contributed by atoms with Gasteiger partial charge in [0, 0.05) is 29.6 Å². The molecule has 52 heavy (non-hydrogen) atoms. The molecule has 3 saturated carbocycles. The van der Waals surface area contributed by atoms with Crippen LogP contribution in [0.1, 0.15) is 83.4 Å². The van der Waals surface area contributed by atoms with Gasteiger partial charge in [0.25, 0.3) is 0 Å². The van der Waals surface area contributed by atoms with Crippen LogP contribution in [-0.4, -0.2) is 45.4 Å². The number of hydrogen-bond donors (Lipinski definition) is 2. The Labute approximate surface area is 307 Å². The first-order valence-corrected chi connectivity index (χ1v) is 19.2. The van der Waals surface area contributed by atoms with Gasteiger partial charge < -0.3 is 19.7 Å². The predicted molar refractivity (Wildman–Crippen MR) is 200 cm³/mol. The Kier molecular flexibility index (Phi) is 8.37. The van der Waals surface area contributed by atoms with E-state index in [0.29, 0.717) is 17.9 Å². The highest BCUT2D eigenvalue weighted by atomic mass is 16.6. The summed E-state index contributed by atoms with van der Waals surface area (Å²) in [7, 11) is 0. The molecule has 0 radical (unpaired) electrons. The lowest BCUT2D eigenvalue weighted by atomic mass is 9.60. The summed E-state index contributed by atoms with van der Waals surface area (Å²) < 4.78 is 13.9. The van der Waals surface area contributed by atoms with Crippen LogP contribution in [0.5, 0.6) is 0 Å². The van der Waals surface area contributed by atoms with Gasteiger partial charge in [-0.1, -0.05) is 144 Å². The molecule has 5 aliphatic rings. The fourth-order valence-corrected chi connectivity index (χ4v) is 10.8. The summed E-state index contributed by atoms with van der Waals surface area (Å²) >= 11 is 0. The third-order valence-electron chi connectivity index (χ3n) is 13.8. The van der Waals surface area contributed by atoms with Crippen molar-refractivity contribution in [3.63, 3.8) is 0 Å². The molecule has 3 aromatic rings. The van der Waals surface area contributed by atoms with Gasteiger partial charge in [0.05, 0.1) is 18.1 Å². The Balaban J connectivity index is 1.23. The lowest BCUT2D eigenvalue weighted by Crippen LogP contribution is -2.61. The van der Waals surface area contributed by atoms with E-state index >= 15 is 0 Å². The molecule has 0 amide bonds. The van der Waals surface area contributed by atoms with Crippen LogP contribution in [0.15, 0.2) is 114 Å². The van der Waals surface area contributed by atoms with E-state index in [0.717, 1.165) is 28.7 Å². The molecule has 2 N–H and O–H groups in total. The Morgan fingerprint density at radius 3 is 1.94 bits per heavy atom. The SMILES string of the molecule is CC1=C[C@H]2[C@@]3(O)[C@H](C)C[C@]4(OC(=O)[C@@H](C)CC5CC5)[C@H]([C@@H]3C=C(COC(c3ccccc3)(c3ccccc3)c3ccccc3)C[C@]2(O)C1=O)C4(C)C. The first-order valence-electron chi connectivity index (χ1n) is 19.2. The Morgan fingerprint density at radius 2 is 1.42 bits per heavy atom. The third kappa shape index (κ3) is 5.15. The second-order valence-electron chi connectivity index (χ2n) is 17.3. The third-order valence-corrected chi connectivity index (χ3v) is 13.8. The maximum absolute atomic E-state index is 14.0. The topological polar surface area (TPSA) is 93.1 Å². The van der Waals surface area contributed by atoms with Crippen molar-refractivity contribution >= 4 is 11.8 Å². The summed E-state index contributed by atoms with van der Waals surface area (Å²) in [6, 6.07) is 30.4. The Morgan fingerprint density at radius 1 is 0.885 bits per heavy atom. The van der Waals surface area contributed by atoms with E-state index in [1.807, 2.05) is 68.4 Å². The summed E-state index contributed by atoms with van der Waals surface area (Å²) in [6.45, 7) is 10.1. The molecule has 272 valence electrons. The molecule has 6 nitrogen and oxygen atoms in total. The predicted octanol–water partition coefficient (Wildman–Crippen LogP) is 7.96. The van der Waals surface area contributed by atoms with Crippen LogP contribution in [0.25, 0.3) is 0 Å². The van der Waals surface area contributed by atoms with Crippen LogP contribution in [0.2, 0.25) is 0 Å². The van der Waals surface area contributed by atoms with E-state index in [2.05, 4.69) is 56.3 Å². The van der Waals surface area contributed by atoms with E-state index < -0.39 is 39.7 Å². The number of ketones is 1. The highest BCUT2D eigenvalue weighted by Crippen LogP contribution is 2.76. The van der Waals surface area contributed by atoms with E-state index in [-0.39, 0.29) is 42.5 Å². The van der Waals surface area contributed by atoms with Crippen molar-refractivity contribution < 1.29 is 29.3 Å². The first-order chi connectivity index (χ1) is 24.8. The zero-order chi connectivity index (χ0) is 36.7. The standard InChI is InChI=1S/C46H52O6/c1-29-24-38-43(49,40(29)47)27-33(28-51-46(34-15-9-6-10-16-34,35-17-11-7-12-18-35)36-19-13-8-14-20-36)25-37-39-42(4,5)44(39,26-31(3)45(37,38)50)52-41(48)30(2)23-32-21-22-32/h6-20,24-25,30-32,37-39,49-50H,21-23,26-28H2,1-5H3/t30-,31+,37-,38+,39+,43+,44-,45+/m0/s1. The highest BCUT2D eigenvalue weighted by molar-refractivity contribution is 6.04. The summed E-state index contributed by atoms with van der Waals surface area (Å²) in [6.07, 6.45) is 7.58. The summed E-state index contributed by atoms with van der Waals surface area (Å²) in [5.74, 6) is -1.99. The largest absolute Gasteiger partial charge is 0.458 e. The average Bonchev–Trinajstić information content (AvgIpc) is 4.03. The van der Waals surface area contributed by atoms with Gasteiger partial charge >= 0.3 is 5.97 Å². The fourth-order valence-electron chi connectivity index (χ4n) is 10.8. The van der Waals surface area contributed by atoms with Crippen LogP contribution in [0.4, 0.5) is 0 Å². The minimum atomic E-state index is -1.83. The smallest absolute Gasteiger partial charge is 0.309 e. The number of benzene rings is 3. The lowest BCUT2D eigenvalue weighted by molar-refractivity contribution is -0.189. The van der Waals surface area contributed by atoms with Gasteiger partial charge in [0.2, 0.25) is 0 Å². The number of fused-ring (bicyclic) bond motifs is 5. The summed E-state index contributed by atoms with van der Waals surface area (Å²) in [5.41, 5.74) is -1.43. The van der Waals surface area contributed by atoms with Gasteiger partial charge in [-0.3, -0.25) is 9.59 Å². The summed E-state index contributed by atoms with van der Waals surface area (Å²) in [4.78, 5) is 27.7. The zero-order valence-electron chi connectivity index (χ0n) is 31.0. The quantitative estimate of drug-likeness (QED) is 0.127. The van der Waals surface area contributed by atoms with E-state index in [9.17, 15) is 19.8 Å². The molecule has 3 aromatic carbocycles. The van der Waals surface area contributed by atoms with Gasteiger partial charge in [-0.2, -0.15) is 0 Å². The summed E-state index contributed by atoms with van der Waals surface area (Å²) in [5, 5.41) is 25.7. The molecule has 0 heterocycles. The van der Waals surface area contributed by atoms with Gasteiger partial charge in [-0.25, -0.2) is 0 Å². The number of aliphatic hydroxyl groups is 2. The molecule has 0 aliphatic heterocycles. The molecule has 8 rings (SSSR count). The maximum atomic E-state index is 14.0. The molecule has 6 heteroatoms. The second-order valence-corrected chi connectivity index (χ2v) is 17.3. The molecule has 0 unspecified atom stereocenters. The van der Waals surface area contributed by atoms with Crippen LogP contribution in [-0.2, 0) is 24.7 Å². The molecule has 0 aromatic heterocycles. The van der Waals surface area contributed by atoms with Crippen molar-refractivity contribution in [3.05, 3.63) is 131 Å². The fraction of sp³-hybridized carbons (Fsp3) is 0.478. The monoisotopic (exact) mass is 700 g/mol. The number of ether oxygens (including phenoxy) is 2. The first kappa shape index (κ1) is 35.2. The number of carbonyl (C=O) groups is 2. The van der Waals surface area contributed by atoms with Crippen molar-refractivity contribution in [1.29, 1.82) is 0 Å². The number of esters is 1. The molecule has 3 fully saturated rings. The molecule has 8 atom stereocenters. The van der Waals surface area contributed by atoms with Crippen LogP contribution in [0, 0.1) is 40.9 Å². The second kappa shape index (κ2) is 12.4.